The van der Waals surface area contributed by atoms with Crippen molar-refractivity contribution in [1.82, 2.24) is 0 Å². The van der Waals surface area contributed by atoms with Gasteiger partial charge in [0.05, 0.1) is 0 Å². The van der Waals surface area contributed by atoms with Gasteiger partial charge >= 0.3 is 0 Å². The van der Waals surface area contributed by atoms with Gasteiger partial charge in [0.15, 0.2) is 0 Å². The summed E-state index contributed by atoms with van der Waals surface area (Å²) >= 11 is 0. The van der Waals surface area contributed by atoms with Crippen LogP contribution in [-0.4, -0.2) is 0 Å². The molecule has 0 aromatic heterocycles. The lowest BCUT2D eigenvalue weighted by molar-refractivity contribution is 0.662. The molecule has 2 aromatic carbocycles. The molecular weight excluding hydrogens is 288 g/mol. The molecule has 1 aliphatic rings. The molecule has 0 radical (unpaired) electrons. The summed E-state index contributed by atoms with van der Waals surface area (Å²) in [4.78, 5) is 0. The quantitative estimate of drug-likeness (QED) is 0.451. The second-order valence-corrected chi connectivity index (χ2v) is 7.12. The Morgan fingerprint density at radius 2 is 1.62 bits per heavy atom. The van der Waals surface area contributed by atoms with Gasteiger partial charge in [-0.05, 0) is 53.5 Å². The van der Waals surface area contributed by atoms with Crippen LogP contribution in [0.25, 0.3) is 17.2 Å². The first-order valence-electron chi connectivity index (χ1n) is 9.72. The second-order valence-electron chi connectivity index (χ2n) is 7.12. The van der Waals surface area contributed by atoms with E-state index in [9.17, 15) is 0 Å². The van der Waals surface area contributed by atoms with Crippen molar-refractivity contribution in [2.45, 2.75) is 65.2 Å². The molecule has 0 N–H and O–H groups in total. The Balaban J connectivity index is 1.77. The zero-order chi connectivity index (χ0) is 16.8. The molecular formula is C24H30. The van der Waals surface area contributed by atoms with Gasteiger partial charge in [0.1, 0.15) is 0 Å². The SMILES string of the molecule is CCCCCCC1=Cc2c(cccc2-c2ccc(CCC)cc2)C1. The fourth-order valence-corrected chi connectivity index (χ4v) is 3.77. The maximum absolute atomic E-state index is 2.47. The van der Waals surface area contributed by atoms with Crippen LogP contribution in [0.15, 0.2) is 48.0 Å². The van der Waals surface area contributed by atoms with E-state index in [1.807, 2.05) is 0 Å². The topological polar surface area (TPSA) is 0 Å². The van der Waals surface area contributed by atoms with Crippen LogP contribution in [0.2, 0.25) is 0 Å². The number of hydrogen-bond acceptors (Lipinski definition) is 0. The largest absolute Gasteiger partial charge is 0.0654 e. The lowest BCUT2D eigenvalue weighted by Gasteiger charge is -2.08. The van der Waals surface area contributed by atoms with Gasteiger partial charge in [-0.2, -0.15) is 0 Å². The van der Waals surface area contributed by atoms with Crippen molar-refractivity contribution in [3.05, 3.63) is 64.7 Å². The molecule has 0 atom stereocenters. The van der Waals surface area contributed by atoms with Gasteiger partial charge in [-0.3, -0.25) is 0 Å². The van der Waals surface area contributed by atoms with Crippen molar-refractivity contribution in [2.24, 2.45) is 0 Å². The van der Waals surface area contributed by atoms with Gasteiger partial charge in [-0.25, -0.2) is 0 Å². The predicted molar refractivity (Wildman–Crippen MR) is 106 cm³/mol. The van der Waals surface area contributed by atoms with E-state index >= 15 is 0 Å². The number of allylic oxidation sites excluding steroid dienone is 1. The fourth-order valence-electron chi connectivity index (χ4n) is 3.77. The summed E-state index contributed by atoms with van der Waals surface area (Å²) in [6.45, 7) is 4.52. The van der Waals surface area contributed by atoms with E-state index in [2.05, 4.69) is 62.4 Å². The lowest BCUT2D eigenvalue weighted by Crippen LogP contribution is -1.89. The summed E-state index contributed by atoms with van der Waals surface area (Å²) in [7, 11) is 0. The molecule has 0 fully saturated rings. The Hall–Kier alpha value is -1.82. The third-order valence-electron chi connectivity index (χ3n) is 5.12. The smallest absolute Gasteiger partial charge is 0.00576 e. The van der Waals surface area contributed by atoms with Crippen molar-refractivity contribution >= 4 is 6.08 Å². The van der Waals surface area contributed by atoms with Gasteiger partial charge in [0, 0.05) is 0 Å². The van der Waals surface area contributed by atoms with E-state index in [0.717, 1.165) is 6.42 Å². The van der Waals surface area contributed by atoms with E-state index in [1.165, 1.54) is 72.8 Å². The van der Waals surface area contributed by atoms with Crippen LogP contribution >= 0.6 is 0 Å². The highest BCUT2D eigenvalue weighted by Crippen LogP contribution is 2.35. The average molecular weight is 319 g/mol. The third-order valence-corrected chi connectivity index (χ3v) is 5.12. The van der Waals surface area contributed by atoms with Gasteiger partial charge in [-0.15, -0.1) is 0 Å². The van der Waals surface area contributed by atoms with E-state index in [1.54, 1.807) is 5.57 Å². The van der Waals surface area contributed by atoms with Crippen molar-refractivity contribution in [3.63, 3.8) is 0 Å². The average Bonchev–Trinajstić information content (AvgIpc) is 3.03. The molecule has 0 nitrogen and oxygen atoms in total. The standard InChI is InChI=1S/C24H30/c1-3-5-6-7-10-20-17-22-11-8-12-23(24(22)18-20)21-15-13-19(9-4-2)14-16-21/h8,11-16,18H,3-7,9-10,17H2,1-2H3. The molecule has 24 heavy (non-hydrogen) atoms. The minimum atomic E-state index is 1.16. The number of rotatable bonds is 8. The predicted octanol–water partition coefficient (Wildman–Crippen LogP) is 7.22. The molecule has 2 aromatic rings. The normalized spacial score (nSPS) is 13.0. The summed E-state index contributed by atoms with van der Waals surface area (Å²) in [6.07, 6.45) is 12.7. The van der Waals surface area contributed by atoms with Crippen LogP contribution in [0, 0.1) is 0 Å². The molecule has 126 valence electrons. The maximum atomic E-state index is 2.47. The molecule has 0 spiro atoms. The summed E-state index contributed by atoms with van der Waals surface area (Å²) in [6, 6.07) is 16.0. The van der Waals surface area contributed by atoms with Gasteiger partial charge in [0.2, 0.25) is 0 Å². The third kappa shape index (κ3) is 3.98. The van der Waals surface area contributed by atoms with E-state index in [0.29, 0.717) is 0 Å². The number of hydrogen-bond donors (Lipinski definition) is 0. The number of unbranched alkanes of at least 4 members (excludes halogenated alkanes) is 3. The van der Waals surface area contributed by atoms with Gasteiger partial charge < -0.3 is 0 Å². The highest BCUT2D eigenvalue weighted by molar-refractivity contribution is 5.80. The van der Waals surface area contributed by atoms with Gasteiger partial charge in [0.25, 0.3) is 0 Å². The highest BCUT2D eigenvalue weighted by Gasteiger charge is 2.16. The monoisotopic (exact) mass is 318 g/mol. The van der Waals surface area contributed by atoms with E-state index < -0.39 is 0 Å². The summed E-state index contributed by atoms with van der Waals surface area (Å²) in [5, 5.41) is 0. The minimum Gasteiger partial charge on any atom is -0.0654 e. The molecule has 0 heterocycles. The highest BCUT2D eigenvalue weighted by atomic mass is 14.2. The molecule has 0 saturated heterocycles. The van der Waals surface area contributed by atoms with Crippen LogP contribution in [0.4, 0.5) is 0 Å². The zero-order valence-electron chi connectivity index (χ0n) is 15.3. The van der Waals surface area contributed by atoms with E-state index in [4.69, 9.17) is 0 Å². The lowest BCUT2D eigenvalue weighted by atomic mass is 9.96. The molecule has 0 aliphatic heterocycles. The molecule has 1 aliphatic carbocycles. The Morgan fingerprint density at radius 3 is 2.38 bits per heavy atom. The molecule has 0 saturated carbocycles. The van der Waals surface area contributed by atoms with Crippen LogP contribution in [0.3, 0.4) is 0 Å². The van der Waals surface area contributed by atoms with Crippen molar-refractivity contribution in [2.75, 3.05) is 0 Å². The summed E-state index contributed by atoms with van der Waals surface area (Å²) < 4.78 is 0. The van der Waals surface area contributed by atoms with Crippen LogP contribution in [-0.2, 0) is 12.8 Å². The fraction of sp³-hybridized carbons (Fsp3) is 0.417. The van der Waals surface area contributed by atoms with Crippen molar-refractivity contribution in [3.8, 4) is 11.1 Å². The molecule has 0 heteroatoms. The molecule has 3 rings (SSSR count). The first kappa shape index (κ1) is 17.0. The number of benzene rings is 2. The Kier molecular flexibility index (Phi) is 5.91. The Bertz CT molecular complexity index is 688. The molecule has 0 unspecified atom stereocenters. The minimum absolute atomic E-state index is 1.16. The zero-order valence-corrected chi connectivity index (χ0v) is 15.3. The van der Waals surface area contributed by atoms with Crippen LogP contribution in [0.5, 0.6) is 0 Å². The van der Waals surface area contributed by atoms with Gasteiger partial charge in [-0.1, -0.05) is 93.6 Å². The number of fused-ring (bicyclic) bond motifs is 1. The number of aryl methyl sites for hydroxylation is 1. The maximum Gasteiger partial charge on any atom is -0.00576 e. The second kappa shape index (κ2) is 8.33. The Morgan fingerprint density at radius 1 is 0.792 bits per heavy atom. The summed E-state index contributed by atoms with van der Waals surface area (Å²) in [5.74, 6) is 0. The van der Waals surface area contributed by atoms with Crippen LogP contribution in [0.1, 0.15) is 69.1 Å². The molecule has 0 amide bonds. The van der Waals surface area contributed by atoms with Crippen molar-refractivity contribution in [1.29, 1.82) is 0 Å². The van der Waals surface area contributed by atoms with Crippen molar-refractivity contribution < 1.29 is 0 Å². The Labute approximate surface area is 147 Å². The first-order chi connectivity index (χ1) is 11.8. The first-order valence-corrected chi connectivity index (χ1v) is 9.72. The molecule has 0 bridgehead atoms. The summed E-state index contributed by atoms with van der Waals surface area (Å²) in [5.41, 5.74) is 8.80. The van der Waals surface area contributed by atoms with Crippen LogP contribution < -0.4 is 0 Å². The van der Waals surface area contributed by atoms with E-state index in [-0.39, 0.29) is 0 Å².